The van der Waals surface area contributed by atoms with E-state index in [2.05, 4.69) is 29.6 Å². The summed E-state index contributed by atoms with van der Waals surface area (Å²) in [5.41, 5.74) is 6.60. The van der Waals surface area contributed by atoms with Crippen molar-refractivity contribution in [3.05, 3.63) is 35.9 Å². The summed E-state index contributed by atoms with van der Waals surface area (Å²) < 4.78 is 0. The monoisotopic (exact) mass is 218 g/mol. The lowest BCUT2D eigenvalue weighted by atomic mass is 9.75. The molecule has 16 heavy (non-hydrogen) atoms. The van der Waals surface area contributed by atoms with Gasteiger partial charge < -0.3 is 11.1 Å². The lowest BCUT2D eigenvalue weighted by Crippen LogP contribution is -2.49. The van der Waals surface area contributed by atoms with Gasteiger partial charge in [0, 0.05) is 6.04 Å². The maximum absolute atomic E-state index is 10.9. The first-order valence-electron chi connectivity index (χ1n) is 5.77. The number of benzene rings is 1. The molecule has 1 amide bonds. The van der Waals surface area contributed by atoms with Crippen LogP contribution in [0.1, 0.15) is 31.2 Å². The fourth-order valence-corrected chi connectivity index (χ4v) is 2.19. The summed E-state index contributed by atoms with van der Waals surface area (Å²) in [6.07, 6.45) is 2.20. The number of nitrogens with one attached hydrogen (secondary N) is 1. The Hall–Kier alpha value is -1.35. The van der Waals surface area contributed by atoms with Crippen molar-refractivity contribution in [2.75, 3.05) is 0 Å². The van der Waals surface area contributed by atoms with Crippen molar-refractivity contribution < 1.29 is 4.79 Å². The van der Waals surface area contributed by atoms with E-state index in [1.807, 2.05) is 13.0 Å². The second kappa shape index (κ2) is 4.66. The minimum Gasteiger partial charge on any atom is -0.368 e. The third kappa shape index (κ3) is 2.42. The predicted octanol–water partition coefficient (Wildman–Crippen LogP) is 1.40. The molecule has 3 nitrogen and oxygen atoms in total. The smallest absolute Gasteiger partial charge is 0.234 e. The molecule has 1 aliphatic carbocycles. The second-order valence-electron chi connectivity index (χ2n) is 4.57. The maximum Gasteiger partial charge on any atom is 0.234 e. The Labute approximate surface area is 96.0 Å². The Balaban J connectivity index is 1.80. The van der Waals surface area contributed by atoms with Gasteiger partial charge in [0.25, 0.3) is 0 Å². The Morgan fingerprint density at radius 1 is 1.38 bits per heavy atom. The molecule has 86 valence electrons. The number of carbonyl (C=O) groups is 1. The summed E-state index contributed by atoms with van der Waals surface area (Å²) in [7, 11) is 0. The molecule has 1 aliphatic rings. The highest BCUT2D eigenvalue weighted by Gasteiger charge is 2.31. The number of rotatable bonds is 4. The molecule has 0 saturated heterocycles. The lowest BCUT2D eigenvalue weighted by molar-refractivity contribution is -0.120. The maximum atomic E-state index is 10.9. The highest BCUT2D eigenvalue weighted by Crippen LogP contribution is 2.36. The topological polar surface area (TPSA) is 55.1 Å². The average molecular weight is 218 g/mol. The van der Waals surface area contributed by atoms with Crippen molar-refractivity contribution in [3.63, 3.8) is 0 Å². The summed E-state index contributed by atoms with van der Waals surface area (Å²) in [4.78, 5) is 10.9. The minimum atomic E-state index is -0.275. The van der Waals surface area contributed by atoms with Crippen LogP contribution in [0, 0.1) is 0 Å². The van der Waals surface area contributed by atoms with Crippen molar-refractivity contribution in [1.82, 2.24) is 5.32 Å². The number of amides is 1. The van der Waals surface area contributed by atoms with Crippen molar-refractivity contribution in [1.29, 1.82) is 0 Å². The van der Waals surface area contributed by atoms with Crippen molar-refractivity contribution >= 4 is 5.91 Å². The van der Waals surface area contributed by atoms with Crippen molar-refractivity contribution in [2.45, 2.75) is 37.8 Å². The first kappa shape index (κ1) is 11.1. The number of hydrogen-bond acceptors (Lipinski definition) is 2. The van der Waals surface area contributed by atoms with Crippen LogP contribution in [0.4, 0.5) is 0 Å². The van der Waals surface area contributed by atoms with E-state index < -0.39 is 0 Å². The molecule has 0 radical (unpaired) electrons. The number of hydrogen-bond donors (Lipinski definition) is 2. The SMILES string of the molecule is C[C@H](NC1CC(c2ccccc2)C1)C(N)=O. The molecule has 0 bridgehead atoms. The molecule has 0 spiro atoms. The molecule has 1 atom stereocenters. The molecule has 1 aromatic rings. The summed E-state index contributed by atoms with van der Waals surface area (Å²) in [5, 5.41) is 3.24. The van der Waals surface area contributed by atoms with Gasteiger partial charge in [-0.3, -0.25) is 4.79 Å². The highest BCUT2D eigenvalue weighted by molar-refractivity contribution is 5.79. The molecule has 1 aromatic carbocycles. The van der Waals surface area contributed by atoms with Gasteiger partial charge in [0.15, 0.2) is 0 Å². The number of carbonyl (C=O) groups excluding carboxylic acids is 1. The Bertz CT molecular complexity index is 357. The predicted molar refractivity (Wildman–Crippen MR) is 64.0 cm³/mol. The fraction of sp³-hybridized carbons (Fsp3) is 0.462. The van der Waals surface area contributed by atoms with E-state index in [9.17, 15) is 4.79 Å². The summed E-state index contributed by atoms with van der Waals surface area (Å²) in [5.74, 6) is 0.363. The Morgan fingerprint density at radius 2 is 2.00 bits per heavy atom. The average Bonchev–Trinajstić information content (AvgIpc) is 2.23. The van der Waals surface area contributed by atoms with Crippen LogP contribution in [0.2, 0.25) is 0 Å². The van der Waals surface area contributed by atoms with Crippen LogP contribution in [-0.4, -0.2) is 18.0 Å². The van der Waals surface area contributed by atoms with E-state index in [1.54, 1.807) is 0 Å². The van der Waals surface area contributed by atoms with Gasteiger partial charge in [-0.1, -0.05) is 30.3 Å². The first-order chi connectivity index (χ1) is 7.66. The van der Waals surface area contributed by atoms with Gasteiger partial charge in [0.2, 0.25) is 5.91 Å². The molecular weight excluding hydrogens is 200 g/mol. The molecule has 0 unspecified atom stereocenters. The summed E-state index contributed by atoms with van der Waals surface area (Å²) in [6, 6.07) is 10.7. The molecule has 1 fully saturated rings. The van der Waals surface area contributed by atoms with Crippen LogP contribution < -0.4 is 11.1 Å². The van der Waals surface area contributed by atoms with Crippen LogP contribution >= 0.6 is 0 Å². The number of nitrogens with two attached hydrogens (primary N) is 1. The molecule has 2 rings (SSSR count). The van der Waals surface area contributed by atoms with Crippen LogP contribution in [0.5, 0.6) is 0 Å². The van der Waals surface area contributed by atoms with Crippen LogP contribution in [0.25, 0.3) is 0 Å². The largest absolute Gasteiger partial charge is 0.368 e. The van der Waals surface area contributed by atoms with Crippen LogP contribution in [0.3, 0.4) is 0 Å². The van der Waals surface area contributed by atoms with Crippen molar-refractivity contribution in [3.8, 4) is 0 Å². The molecule has 0 aromatic heterocycles. The summed E-state index contributed by atoms with van der Waals surface area (Å²) >= 11 is 0. The zero-order chi connectivity index (χ0) is 11.5. The van der Waals surface area contributed by atoms with Gasteiger partial charge in [0.05, 0.1) is 6.04 Å². The third-order valence-corrected chi connectivity index (χ3v) is 3.32. The van der Waals surface area contributed by atoms with E-state index in [4.69, 9.17) is 5.73 Å². The standard InChI is InChI=1S/C13H18N2O/c1-9(13(14)16)15-12-7-11(8-12)10-5-3-2-4-6-10/h2-6,9,11-12,15H,7-8H2,1H3,(H2,14,16)/t9-,11?,12?/m0/s1. The highest BCUT2D eigenvalue weighted by atomic mass is 16.1. The van der Waals surface area contributed by atoms with Crippen LogP contribution in [-0.2, 0) is 4.79 Å². The van der Waals surface area contributed by atoms with Gasteiger partial charge in [-0.25, -0.2) is 0 Å². The van der Waals surface area contributed by atoms with E-state index in [-0.39, 0.29) is 11.9 Å². The molecule has 0 aliphatic heterocycles. The van der Waals surface area contributed by atoms with E-state index >= 15 is 0 Å². The van der Waals surface area contributed by atoms with Crippen LogP contribution in [0.15, 0.2) is 30.3 Å². The molecule has 3 heteroatoms. The van der Waals surface area contributed by atoms with Gasteiger partial charge in [-0.15, -0.1) is 0 Å². The van der Waals surface area contributed by atoms with Gasteiger partial charge in [0.1, 0.15) is 0 Å². The van der Waals surface area contributed by atoms with Gasteiger partial charge in [-0.2, -0.15) is 0 Å². The van der Waals surface area contributed by atoms with E-state index in [0.717, 1.165) is 12.8 Å². The summed E-state index contributed by atoms with van der Waals surface area (Å²) in [6.45, 7) is 1.82. The molecule has 0 heterocycles. The number of primary amides is 1. The van der Waals surface area contributed by atoms with Gasteiger partial charge in [-0.05, 0) is 31.2 Å². The zero-order valence-corrected chi connectivity index (χ0v) is 9.52. The second-order valence-corrected chi connectivity index (χ2v) is 4.57. The normalized spacial score (nSPS) is 25.8. The Morgan fingerprint density at radius 3 is 2.56 bits per heavy atom. The zero-order valence-electron chi connectivity index (χ0n) is 9.52. The molecular formula is C13H18N2O. The Kier molecular flexibility index (Phi) is 3.25. The lowest BCUT2D eigenvalue weighted by Gasteiger charge is -2.37. The van der Waals surface area contributed by atoms with E-state index in [0.29, 0.717) is 12.0 Å². The van der Waals surface area contributed by atoms with Crippen molar-refractivity contribution in [2.24, 2.45) is 5.73 Å². The van der Waals surface area contributed by atoms with E-state index in [1.165, 1.54) is 5.56 Å². The third-order valence-electron chi connectivity index (χ3n) is 3.32. The van der Waals surface area contributed by atoms with Gasteiger partial charge >= 0.3 is 0 Å². The fourth-order valence-electron chi connectivity index (χ4n) is 2.19. The molecule has 3 N–H and O–H groups in total. The minimum absolute atomic E-state index is 0.221. The quantitative estimate of drug-likeness (QED) is 0.802. The molecule has 1 saturated carbocycles. The first-order valence-corrected chi connectivity index (χ1v) is 5.77.